The molecule has 3 aromatic carbocycles. The van der Waals surface area contributed by atoms with Crippen molar-refractivity contribution in [3.8, 4) is 22.6 Å². The summed E-state index contributed by atoms with van der Waals surface area (Å²) in [6.07, 6.45) is 3.31. The number of hydrogen-bond acceptors (Lipinski definition) is 4. The van der Waals surface area contributed by atoms with Crippen LogP contribution in [0.5, 0.6) is 11.5 Å². The number of allylic oxidation sites excluding steroid dienone is 1. The highest BCUT2D eigenvalue weighted by atomic mass is 16.5. The van der Waals surface area contributed by atoms with Gasteiger partial charge in [0.2, 0.25) is 5.91 Å². The Kier molecular flexibility index (Phi) is 6.26. The molecule has 0 saturated heterocycles. The van der Waals surface area contributed by atoms with Crippen LogP contribution in [0.3, 0.4) is 0 Å². The zero-order valence-corrected chi connectivity index (χ0v) is 18.3. The van der Waals surface area contributed by atoms with Crippen LogP contribution >= 0.6 is 0 Å². The third-order valence-electron chi connectivity index (χ3n) is 5.37. The average Bonchev–Trinajstić information content (AvgIpc) is 3.25. The summed E-state index contributed by atoms with van der Waals surface area (Å²) in [6.45, 7) is 2.37. The molecule has 0 aliphatic heterocycles. The van der Waals surface area contributed by atoms with E-state index in [1.54, 1.807) is 26.6 Å². The highest BCUT2D eigenvalue weighted by Gasteiger charge is 2.16. The summed E-state index contributed by atoms with van der Waals surface area (Å²) < 4.78 is 16.9. The van der Waals surface area contributed by atoms with Crippen LogP contribution < -0.4 is 14.8 Å². The van der Waals surface area contributed by atoms with Gasteiger partial charge in [0.1, 0.15) is 17.1 Å². The van der Waals surface area contributed by atoms with Gasteiger partial charge in [-0.25, -0.2) is 0 Å². The zero-order valence-electron chi connectivity index (χ0n) is 18.3. The van der Waals surface area contributed by atoms with Crippen molar-refractivity contribution in [1.82, 2.24) is 5.32 Å². The molecule has 0 atom stereocenters. The van der Waals surface area contributed by atoms with Crippen molar-refractivity contribution in [1.29, 1.82) is 0 Å². The monoisotopic (exact) mass is 427 g/mol. The highest BCUT2D eigenvalue weighted by molar-refractivity contribution is 6.01. The lowest BCUT2D eigenvalue weighted by atomic mass is 9.98. The van der Waals surface area contributed by atoms with Gasteiger partial charge in [0, 0.05) is 40.8 Å². The maximum atomic E-state index is 12.5. The van der Waals surface area contributed by atoms with Crippen LogP contribution in [-0.2, 0) is 11.3 Å². The zero-order chi connectivity index (χ0) is 22.5. The molecule has 1 amide bonds. The van der Waals surface area contributed by atoms with Gasteiger partial charge in [-0.15, -0.1) is 0 Å². The molecule has 1 heterocycles. The van der Waals surface area contributed by atoms with E-state index in [0.29, 0.717) is 17.9 Å². The van der Waals surface area contributed by atoms with E-state index in [-0.39, 0.29) is 5.91 Å². The molecule has 4 rings (SSSR count). The van der Waals surface area contributed by atoms with Crippen LogP contribution in [-0.4, -0.2) is 20.1 Å². The Morgan fingerprint density at radius 3 is 2.41 bits per heavy atom. The largest absolute Gasteiger partial charge is 0.496 e. The molecule has 5 nitrogen and oxygen atoms in total. The smallest absolute Gasteiger partial charge is 0.244 e. The Hall–Kier alpha value is -3.99. The molecule has 0 aliphatic carbocycles. The van der Waals surface area contributed by atoms with Crippen LogP contribution in [0.15, 0.2) is 83.5 Å². The SMILES string of the molecule is COc1cc2occ(-c3ccccc3OC)c2cc1/C(C)=C/C(=O)NCc1ccccc1. The van der Waals surface area contributed by atoms with Crippen molar-refractivity contribution in [2.24, 2.45) is 0 Å². The first-order chi connectivity index (χ1) is 15.6. The molecule has 162 valence electrons. The van der Waals surface area contributed by atoms with E-state index in [4.69, 9.17) is 13.9 Å². The van der Waals surface area contributed by atoms with Crippen molar-refractivity contribution in [3.05, 3.63) is 90.2 Å². The number of nitrogens with one attached hydrogen (secondary N) is 1. The Labute approximate surface area is 187 Å². The minimum absolute atomic E-state index is 0.161. The Balaban J connectivity index is 1.68. The average molecular weight is 428 g/mol. The van der Waals surface area contributed by atoms with Crippen LogP contribution in [0.25, 0.3) is 27.7 Å². The van der Waals surface area contributed by atoms with E-state index in [9.17, 15) is 4.79 Å². The molecule has 0 radical (unpaired) electrons. The molecule has 5 heteroatoms. The second-order valence-electron chi connectivity index (χ2n) is 7.43. The number of carbonyl (C=O) groups is 1. The fraction of sp³-hybridized carbons (Fsp3) is 0.148. The quantitative estimate of drug-likeness (QED) is 0.377. The highest BCUT2D eigenvalue weighted by Crippen LogP contribution is 2.40. The number of hydrogen-bond donors (Lipinski definition) is 1. The number of furan rings is 1. The summed E-state index contributed by atoms with van der Waals surface area (Å²) in [7, 11) is 3.26. The molecule has 0 saturated carbocycles. The predicted molar refractivity (Wildman–Crippen MR) is 127 cm³/mol. The van der Waals surface area contributed by atoms with Crippen molar-refractivity contribution in [3.63, 3.8) is 0 Å². The molecular formula is C27H25NO4. The fourth-order valence-corrected chi connectivity index (χ4v) is 3.72. The van der Waals surface area contributed by atoms with Gasteiger partial charge in [0.15, 0.2) is 0 Å². The van der Waals surface area contributed by atoms with E-state index >= 15 is 0 Å². The molecule has 1 N–H and O–H groups in total. The minimum Gasteiger partial charge on any atom is -0.496 e. The molecule has 1 aromatic heterocycles. The molecular weight excluding hydrogens is 402 g/mol. The van der Waals surface area contributed by atoms with Crippen molar-refractivity contribution in [2.75, 3.05) is 14.2 Å². The first-order valence-corrected chi connectivity index (χ1v) is 10.3. The van der Waals surface area contributed by atoms with Crippen LogP contribution in [0, 0.1) is 0 Å². The van der Waals surface area contributed by atoms with Gasteiger partial charge in [0.05, 0.1) is 20.5 Å². The number of rotatable bonds is 7. The number of methoxy groups -OCH3 is 2. The molecule has 0 bridgehead atoms. The fourth-order valence-electron chi connectivity index (χ4n) is 3.72. The van der Waals surface area contributed by atoms with Crippen LogP contribution in [0.1, 0.15) is 18.1 Å². The van der Waals surface area contributed by atoms with E-state index in [0.717, 1.165) is 39.0 Å². The molecule has 4 aromatic rings. The van der Waals surface area contributed by atoms with Crippen LogP contribution in [0.4, 0.5) is 0 Å². The number of benzene rings is 3. The lowest BCUT2D eigenvalue weighted by Crippen LogP contribution is -2.20. The van der Waals surface area contributed by atoms with Gasteiger partial charge in [-0.05, 0) is 30.2 Å². The van der Waals surface area contributed by atoms with E-state index in [1.165, 1.54) is 0 Å². The van der Waals surface area contributed by atoms with Crippen LogP contribution in [0.2, 0.25) is 0 Å². The first kappa shape index (κ1) is 21.2. The number of ether oxygens (including phenoxy) is 2. The maximum Gasteiger partial charge on any atom is 0.244 e. The summed E-state index contributed by atoms with van der Waals surface area (Å²) in [5.41, 5.74) is 5.22. The third-order valence-corrected chi connectivity index (χ3v) is 5.37. The Morgan fingerprint density at radius 1 is 0.938 bits per heavy atom. The van der Waals surface area contributed by atoms with Gasteiger partial charge < -0.3 is 19.2 Å². The van der Waals surface area contributed by atoms with Gasteiger partial charge in [-0.2, -0.15) is 0 Å². The minimum atomic E-state index is -0.161. The summed E-state index contributed by atoms with van der Waals surface area (Å²) in [5, 5.41) is 3.85. The summed E-state index contributed by atoms with van der Waals surface area (Å²) in [4.78, 5) is 12.5. The standard InChI is InChI=1S/C27H25NO4/c1-18(13-27(29)28-16-19-9-5-4-6-10-19)21-14-22-23(17-32-26(22)15-25(21)31-3)20-11-7-8-12-24(20)30-2/h4-15,17H,16H2,1-3H3,(H,28,29)/b18-13+. The lowest BCUT2D eigenvalue weighted by molar-refractivity contribution is -0.116. The third kappa shape index (κ3) is 4.37. The van der Waals surface area contributed by atoms with E-state index < -0.39 is 0 Å². The normalized spacial score (nSPS) is 11.4. The second kappa shape index (κ2) is 9.43. The van der Waals surface area contributed by atoms with Gasteiger partial charge >= 0.3 is 0 Å². The lowest BCUT2D eigenvalue weighted by Gasteiger charge is -2.11. The second-order valence-corrected chi connectivity index (χ2v) is 7.43. The molecule has 0 spiro atoms. The number of fused-ring (bicyclic) bond motifs is 1. The first-order valence-electron chi connectivity index (χ1n) is 10.3. The van der Waals surface area contributed by atoms with Crippen molar-refractivity contribution >= 4 is 22.4 Å². The molecule has 0 aliphatic rings. The molecule has 0 fully saturated rings. The van der Waals surface area contributed by atoms with Gasteiger partial charge in [-0.3, -0.25) is 4.79 Å². The Bertz CT molecular complexity index is 1270. The predicted octanol–water partition coefficient (Wildman–Crippen LogP) is 5.84. The summed E-state index contributed by atoms with van der Waals surface area (Å²) in [5.74, 6) is 1.24. The summed E-state index contributed by atoms with van der Waals surface area (Å²) >= 11 is 0. The molecule has 0 unspecified atom stereocenters. The van der Waals surface area contributed by atoms with Gasteiger partial charge in [0.25, 0.3) is 0 Å². The number of carbonyl (C=O) groups excluding carboxylic acids is 1. The van der Waals surface area contributed by atoms with E-state index in [1.807, 2.05) is 73.7 Å². The van der Waals surface area contributed by atoms with E-state index in [2.05, 4.69) is 5.32 Å². The summed E-state index contributed by atoms with van der Waals surface area (Å²) in [6, 6.07) is 21.5. The number of para-hydroxylation sites is 1. The molecule has 32 heavy (non-hydrogen) atoms. The topological polar surface area (TPSA) is 60.7 Å². The van der Waals surface area contributed by atoms with Crippen molar-refractivity contribution < 1.29 is 18.7 Å². The van der Waals surface area contributed by atoms with Crippen molar-refractivity contribution in [2.45, 2.75) is 13.5 Å². The number of amides is 1. The van der Waals surface area contributed by atoms with Gasteiger partial charge in [-0.1, -0.05) is 48.5 Å². The Morgan fingerprint density at radius 2 is 1.66 bits per heavy atom. The maximum absolute atomic E-state index is 12.5.